The van der Waals surface area contributed by atoms with Crippen LogP contribution in [-0.2, 0) is 4.79 Å². The van der Waals surface area contributed by atoms with Crippen LogP contribution >= 0.6 is 0 Å². The Balaban J connectivity index is 1.54. The van der Waals surface area contributed by atoms with E-state index in [-0.39, 0.29) is 11.8 Å². The molecule has 1 fully saturated rings. The third-order valence-electron chi connectivity index (χ3n) is 5.57. The molecule has 2 N–H and O–H groups in total. The summed E-state index contributed by atoms with van der Waals surface area (Å²) < 4.78 is 0. The number of amides is 2. The summed E-state index contributed by atoms with van der Waals surface area (Å²) in [5.41, 5.74) is 3.21. The molecule has 0 aliphatic carbocycles. The molecule has 0 radical (unpaired) electrons. The lowest BCUT2D eigenvalue weighted by molar-refractivity contribution is -0.116. The minimum Gasteiger partial charge on any atom is -0.370 e. The van der Waals surface area contributed by atoms with Crippen LogP contribution in [0.5, 0.6) is 0 Å². The van der Waals surface area contributed by atoms with Crippen molar-refractivity contribution >= 4 is 28.9 Å². The number of nitrogens with zero attached hydrogens (tertiary/aromatic N) is 2. The molecule has 0 spiro atoms. The molecule has 1 saturated heterocycles. The molecule has 2 aromatic rings. The average molecular weight is 409 g/mol. The molecule has 1 unspecified atom stereocenters. The van der Waals surface area contributed by atoms with Crippen molar-refractivity contribution in [3.8, 4) is 0 Å². The van der Waals surface area contributed by atoms with Gasteiger partial charge in [0, 0.05) is 48.2 Å². The maximum Gasteiger partial charge on any atom is 0.255 e. The maximum atomic E-state index is 12.5. The van der Waals surface area contributed by atoms with Crippen LogP contribution in [0.2, 0.25) is 0 Å². The van der Waals surface area contributed by atoms with E-state index >= 15 is 0 Å². The highest BCUT2D eigenvalue weighted by atomic mass is 16.2. The van der Waals surface area contributed by atoms with Gasteiger partial charge in [0.2, 0.25) is 5.91 Å². The molecule has 30 heavy (non-hydrogen) atoms. The van der Waals surface area contributed by atoms with E-state index in [1.54, 1.807) is 24.3 Å². The van der Waals surface area contributed by atoms with Gasteiger partial charge in [0.05, 0.1) is 0 Å². The summed E-state index contributed by atoms with van der Waals surface area (Å²) in [5, 5.41) is 5.80. The highest BCUT2D eigenvalue weighted by molar-refractivity contribution is 6.04. The van der Waals surface area contributed by atoms with Gasteiger partial charge in [-0.2, -0.15) is 0 Å². The van der Waals surface area contributed by atoms with Crippen LogP contribution in [0.1, 0.15) is 43.0 Å². The van der Waals surface area contributed by atoms with Crippen LogP contribution in [0.15, 0.2) is 48.5 Å². The molecule has 0 saturated carbocycles. The quantitative estimate of drug-likeness (QED) is 0.687. The lowest BCUT2D eigenvalue weighted by atomic mass is 10.1. The van der Waals surface area contributed by atoms with E-state index in [0.717, 1.165) is 31.6 Å². The summed E-state index contributed by atoms with van der Waals surface area (Å²) in [6.45, 7) is 4.14. The van der Waals surface area contributed by atoms with Crippen molar-refractivity contribution in [1.82, 2.24) is 4.90 Å². The minimum absolute atomic E-state index is 0.00375. The summed E-state index contributed by atoms with van der Waals surface area (Å²) in [5.74, 6) is -0.163. The smallest absolute Gasteiger partial charge is 0.255 e. The zero-order valence-corrected chi connectivity index (χ0v) is 18.1. The fourth-order valence-electron chi connectivity index (χ4n) is 3.62. The third-order valence-corrected chi connectivity index (χ3v) is 5.57. The van der Waals surface area contributed by atoms with Crippen molar-refractivity contribution in [2.75, 3.05) is 42.7 Å². The van der Waals surface area contributed by atoms with E-state index in [9.17, 15) is 9.59 Å². The second kappa shape index (κ2) is 10.3. The standard InChI is InChI=1S/C24H32N4O2/c1-4-5-6-23(29)25-19-9-7-18(8-10-19)24(30)26-20-11-13-21(14-12-20)28-16-15-22(17-28)27(2)3/h7-14,22H,4-6,15-17H2,1-3H3,(H,25,29)(H,26,30). The molecular formula is C24H32N4O2. The Morgan fingerprint density at radius 2 is 1.63 bits per heavy atom. The SMILES string of the molecule is CCCCC(=O)Nc1ccc(C(=O)Nc2ccc(N3CCC(N(C)C)C3)cc2)cc1. The molecule has 3 rings (SSSR count). The first kappa shape index (κ1) is 21.8. The highest BCUT2D eigenvalue weighted by Crippen LogP contribution is 2.24. The number of anilines is 3. The molecular weight excluding hydrogens is 376 g/mol. The summed E-state index contributed by atoms with van der Waals surface area (Å²) in [7, 11) is 4.25. The lowest BCUT2D eigenvalue weighted by Crippen LogP contribution is -2.31. The third kappa shape index (κ3) is 5.83. The van der Waals surface area contributed by atoms with Crippen molar-refractivity contribution in [2.24, 2.45) is 0 Å². The van der Waals surface area contributed by atoms with Crippen LogP contribution < -0.4 is 15.5 Å². The number of hydrogen-bond donors (Lipinski definition) is 2. The Morgan fingerprint density at radius 1 is 1.00 bits per heavy atom. The van der Waals surface area contributed by atoms with Crippen molar-refractivity contribution in [2.45, 2.75) is 38.6 Å². The molecule has 1 aliphatic heterocycles. The highest BCUT2D eigenvalue weighted by Gasteiger charge is 2.23. The first-order valence-electron chi connectivity index (χ1n) is 10.7. The molecule has 6 nitrogen and oxygen atoms in total. The molecule has 2 aromatic carbocycles. The van der Waals surface area contributed by atoms with Gasteiger partial charge in [0.25, 0.3) is 5.91 Å². The van der Waals surface area contributed by atoms with Gasteiger partial charge >= 0.3 is 0 Å². The predicted molar refractivity (Wildman–Crippen MR) is 123 cm³/mol. The van der Waals surface area contributed by atoms with Gasteiger partial charge in [-0.3, -0.25) is 9.59 Å². The molecule has 0 aromatic heterocycles. The Kier molecular flexibility index (Phi) is 7.46. The number of likely N-dealkylation sites (N-methyl/N-ethyl adjacent to an activating group) is 1. The molecule has 2 amide bonds. The number of rotatable bonds is 8. The summed E-state index contributed by atoms with van der Waals surface area (Å²) in [6, 6.07) is 15.6. The van der Waals surface area contributed by atoms with E-state index < -0.39 is 0 Å². The predicted octanol–water partition coefficient (Wildman–Crippen LogP) is 4.21. The second-order valence-electron chi connectivity index (χ2n) is 8.08. The Morgan fingerprint density at radius 3 is 2.23 bits per heavy atom. The van der Waals surface area contributed by atoms with Crippen molar-refractivity contribution < 1.29 is 9.59 Å². The summed E-state index contributed by atoms with van der Waals surface area (Å²) >= 11 is 0. The largest absolute Gasteiger partial charge is 0.370 e. The molecule has 1 atom stereocenters. The molecule has 6 heteroatoms. The van der Waals surface area contributed by atoms with Crippen LogP contribution in [-0.4, -0.2) is 49.9 Å². The van der Waals surface area contributed by atoms with Gasteiger partial charge in [-0.05, 0) is 75.5 Å². The minimum atomic E-state index is -0.166. The van der Waals surface area contributed by atoms with Crippen LogP contribution in [0.3, 0.4) is 0 Å². The van der Waals surface area contributed by atoms with Gasteiger partial charge in [0.1, 0.15) is 0 Å². The topological polar surface area (TPSA) is 64.7 Å². The van der Waals surface area contributed by atoms with Crippen molar-refractivity contribution in [3.63, 3.8) is 0 Å². The van der Waals surface area contributed by atoms with Crippen molar-refractivity contribution in [1.29, 1.82) is 0 Å². The van der Waals surface area contributed by atoms with E-state index in [2.05, 4.69) is 53.6 Å². The second-order valence-corrected chi connectivity index (χ2v) is 8.08. The number of carbonyl (C=O) groups is 2. The number of hydrogen-bond acceptors (Lipinski definition) is 4. The van der Waals surface area contributed by atoms with Crippen LogP contribution in [0.4, 0.5) is 17.1 Å². The Bertz CT molecular complexity index is 847. The fraction of sp³-hybridized carbons (Fsp3) is 0.417. The monoisotopic (exact) mass is 408 g/mol. The first-order chi connectivity index (χ1) is 14.5. The van der Waals surface area contributed by atoms with Gasteiger partial charge in [-0.1, -0.05) is 13.3 Å². The van der Waals surface area contributed by atoms with Crippen molar-refractivity contribution in [3.05, 3.63) is 54.1 Å². The zero-order valence-electron chi connectivity index (χ0n) is 18.1. The molecule has 1 aliphatic rings. The lowest BCUT2D eigenvalue weighted by Gasteiger charge is -2.22. The molecule has 160 valence electrons. The zero-order chi connectivity index (χ0) is 21.5. The van der Waals surface area contributed by atoms with Gasteiger partial charge in [0.15, 0.2) is 0 Å². The van der Waals surface area contributed by atoms with Crippen LogP contribution in [0, 0.1) is 0 Å². The van der Waals surface area contributed by atoms with Gasteiger partial charge in [-0.25, -0.2) is 0 Å². The van der Waals surface area contributed by atoms with E-state index in [1.165, 1.54) is 12.1 Å². The van der Waals surface area contributed by atoms with E-state index in [4.69, 9.17) is 0 Å². The summed E-state index contributed by atoms with van der Waals surface area (Å²) in [6.07, 6.45) is 3.55. The molecule has 1 heterocycles. The first-order valence-corrected chi connectivity index (χ1v) is 10.7. The van der Waals surface area contributed by atoms with E-state index in [1.807, 2.05) is 12.1 Å². The average Bonchev–Trinajstić information content (AvgIpc) is 3.24. The number of benzene rings is 2. The summed E-state index contributed by atoms with van der Waals surface area (Å²) in [4.78, 5) is 29.0. The van der Waals surface area contributed by atoms with Crippen LogP contribution in [0.25, 0.3) is 0 Å². The van der Waals surface area contributed by atoms with Gasteiger partial charge < -0.3 is 20.4 Å². The number of nitrogens with one attached hydrogen (secondary N) is 2. The van der Waals surface area contributed by atoms with Gasteiger partial charge in [-0.15, -0.1) is 0 Å². The Hall–Kier alpha value is -2.86. The van der Waals surface area contributed by atoms with E-state index in [0.29, 0.717) is 23.7 Å². The Labute approximate surface area is 179 Å². The normalized spacial score (nSPS) is 16.0. The maximum absolute atomic E-state index is 12.5. The number of carbonyl (C=O) groups excluding carboxylic acids is 2. The number of unbranched alkanes of at least 4 members (excludes halogenated alkanes) is 1. The fourth-order valence-corrected chi connectivity index (χ4v) is 3.62. The molecule has 0 bridgehead atoms.